The summed E-state index contributed by atoms with van der Waals surface area (Å²) in [6.45, 7) is 5.55. The Balaban J connectivity index is 2.43. The molecular weight excluding hydrogens is 294 g/mol. The Morgan fingerprint density at radius 3 is 2.72 bits per heavy atom. The molecule has 0 heterocycles. The molecule has 0 aromatic heterocycles. The maximum atomic E-state index is 9.77. The molecule has 0 fully saturated rings. The molecule has 0 radical (unpaired) electrons. The fourth-order valence-electron chi connectivity index (χ4n) is 1.81. The summed E-state index contributed by atoms with van der Waals surface area (Å²) >= 11 is 3.51. The highest BCUT2D eigenvalue weighted by atomic mass is 79.9. The molecule has 4 heteroatoms. The molecule has 0 spiro atoms. The fourth-order valence-corrected chi connectivity index (χ4v) is 2.20. The first-order chi connectivity index (χ1) is 8.52. The van der Waals surface area contributed by atoms with Crippen LogP contribution in [-0.2, 0) is 6.54 Å². The van der Waals surface area contributed by atoms with Gasteiger partial charge >= 0.3 is 0 Å². The SMILES string of the molecule is COc1ccc(Br)c(CNCC(O)CC(C)C)c1. The predicted molar refractivity (Wildman–Crippen MR) is 77.9 cm³/mol. The van der Waals surface area contributed by atoms with Gasteiger partial charge in [-0.15, -0.1) is 0 Å². The minimum absolute atomic E-state index is 0.283. The highest BCUT2D eigenvalue weighted by Crippen LogP contribution is 2.22. The Morgan fingerprint density at radius 1 is 1.39 bits per heavy atom. The van der Waals surface area contributed by atoms with Gasteiger partial charge in [0, 0.05) is 17.6 Å². The van der Waals surface area contributed by atoms with Crippen molar-refractivity contribution in [3.05, 3.63) is 28.2 Å². The summed E-state index contributed by atoms with van der Waals surface area (Å²) in [4.78, 5) is 0. The molecule has 1 unspecified atom stereocenters. The summed E-state index contributed by atoms with van der Waals surface area (Å²) in [7, 11) is 1.66. The average Bonchev–Trinajstić information content (AvgIpc) is 2.30. The monoisotopic (exact) mass is 315 g/mol. The van der Waals surface area contributed by atoms with Crippen LogP contribution in [0.5, 0.6) is 5.75 Å². The van der Waals surface area contributed by atoms with Crippen molar-refractivity contribution >= 4 is 15.9 Å². The van der Waals surface area contributed by atoms with Gasteiger partial charge in [-0.05, 0) is 36.1 Å². The summed E-state index contributed by atoms with van der Waals surface area (Å²) in [5.74, 6) is 1.36. The van der Waals surface area contributed by atoms with E-state index in [0.29, 0.717) is 19.0 Å². The fraction of sp³-hybridized carbons (Fsp3) is 0.571. The lowest BCUT2D eigenvalue weighted by Gasteiger charge is -2.14. The van der Waals surface area contributed by atoms with Gasteiger partial charge in [0.2, 0.25) is 0 Å². The van der Waals surface area contributed by atoms with Crippen molar-refractivity contribution in [1.82, 2.24) is 5.32 Å². The summed E-state index contributed by atoms with van der Waals surface area (Å²) in [6.07, 6.45) is 0.543. The van der Waals surface area contributed by atoms with Gasteiger partial charge in [0.15, 0.2) is 0 Å². The summed E-state index contributed by atoms with van der Waals surface area (Å²) in [5.41, 5.74) is 1.13. The van der Waals surface area contributed by atoms with E-state index >= 15 is 0 Å². The third-order valence-corrected chi connectivity index (χ3v) is 3.47. The van der Waals surface area contributed by atoms with Gasteiger partial charge in [-0.1, -0.05) is 29.8 Å². The van der Waals surface area contributed by atoms with Gasteiger partial charge < -0.3 is 15.2 Å². The van der Waals surface area contributed by atoms with Crippen LogP contribution >= 0.6 is 15.9 Å². The molecule has 1 atom stereocenters. The van der Waals surface area contributed by atoms with Gasteiger partial charge in [-0.2, -0.15) is 0 Å². The van der Waals surface area contributed by atoms with Gasteiger partial charge in [0.05, 0.1) is 13.2 Å². The molecule has 0 aliphatic heterocycles. The molecule has 3 nitrogen and oxygen atoms in total. The van der Waals surface area contributed by atoms with Crippen LogP contribution in [0.25, 0.3) is 0 Å². The lowest BCUT2D eigenvalue weighted by atomic mass is 10.1. The predicted octanol–water partition coefficient (Wildman–Crippen LogP) is 2.95. The van der Waals surface area contributed by atoms with E-state index in [0.717, 1.165) is 22.2 Å². The molecule has 0 saturated carbocycles. The molecule has 102 valence electrons. The first-order valence-corrected chi connectivity index (χ1v) is 7.03. The molecular formula is C14H22BrNO2. The molecule has 1 aromatic rings. The number of hydrogen-bond donors (Lipinski definition) is 2. The number of halogens is 1. The maximum Gasteiger partial charge on any atom is 0.119 e. The van der Waals surface area contributed by atoms with Crippen molar-refractivity contribution in [2.75, 3.05) is 13.7 Å². The van der Waals surface area contributed by atoms with Crippen molar-refractivity contribution in [3.8, 4) is 5.75 Å². The summed E-state index contributed by atoms with van der Waals surface area (Å²) in [5, 5.41) is 13.0. The third-order valence-electron chi connectivity index (χ3n) is 2.69. The molecule has 0 aliphatic rings. The zero-order valence-corrected chi connectivity index (χ0v) is 12.8. The van der Waals surface area contributed by atoms with Crippen molar-refractivity contribution in [3.63, 3.8) is 0 Å². The summed E-state index contributed by atoms with van der Waals surface area (Å²) < 4.78 is 6.24. The first kappa shape index (κ1) is 15.5. The normalized spacial score (nSPS) is 12.8. The van der Waals surface area contributed by atoms with E-state index in [2.05, 4.69) is 35.1 Å². The van der Waals surface area contributed by atoms with Crippen LogP contribution in [0.2, 0.25) is 0 Å². The van der Waals surface area contributed by atoms with Gasteiger partial charge in [-0.25, -0.2) is 0 Å². The minimum atomic E-state index is -0.283. The number of rotatable bonds is 7. The summed E-state index contributed by atoms with van der Waals surface area (Å²) in [6, 6.07) is 5.88. The Labute approximate surface area is 118 Å². The number of hydrogen-bond acceptors (Lipinski definition) is 3. The van der Waals surface area contributed by atoms with Gasteiger partial charge in [0.1, 0.15) is 5.75 Å². The zero-order valence-electron chi connectivity index (χ0n) is 11.2. The molecule has 0 bridgehead atoms. The lowest BCUT2D eigenvalue weighted by molar-refractivity contribution is 0.146. The van der Waals surface area contributed by atoms with Crippen LogP contribution < -0.4 is 10.1 Å². The minimum Gasteiger partial charge on any atom is -0.497 e. The topological polar surface area (TPSA) is 41.5 Å². The maximum absolute atomic E-state index is 9.77. The van der Waals surface area contributed by atoms with Crippen LogP contribution in [0.3, 0.4) is 0 Å². The highest BCUT2D eigenvalue weighted by molar-refractivity contribution is 9.10. The molecule has 1 rings (SSSR count). The van der Waals surface area contributed by atoms with Crippen LogP contribution in [0.4, 0.5) is 0 Å². The van der Waals surface area contributed by atoms with Crippen LogP contribution in [0.1, 0.15) is 25.8 Å². The van der Waals surface area contributed by atoms with Crippen LogP contribution in [0, 0.1) is 5.92 Å². The highest BCUT2D eigenvalue weighted by Gasteiger charge is 2.07. The van der Waals surface area contributed by atoms with E-state index in [1.54, 1.807) is 7.11 Å². The Bertz CT molecular complexity index is 369. The number of methoxy groups -OCH3 is 1. The smallest absolute Gasteiger partial charge is 0.119 e. The Kier molecular flexibility index (Phi) is 6.68. The molecule has 18 heavy (non-hydrogen) atoms. The van der Waals surface area contributed by atoms with E-state index in [1.165, 1.54) is 0 Å². The van der Waals surface area contributed by atoms with Crippen molar-refractivity contribution < 1.29 is 9.84 Å². The average molecular weight is 316 g/mol. The number of ether oxygens (including phenoxy) is 1. The first-order valence-electron chi connectivity index (χ1n) is 6.24. The molecule has 1 aromatic carbocycles. The van der Waals surface area contributed by atoms with Gasteiger partial charge in [0.25, 0.3) is 0 Å². The van der Waals surface area contributed by atoms with Crippen molar-refractivity contribution in [2.45, 2.75) is 32.9 Å². The quantitative estimate of drug-likeness (QED) is 0.813. The molecule has 0 aliphatic carbocycles. The molecule has 0 saturated heterocycles. The van der Waals surface area contributed by atoms with E-state index in [4.69, 9.17) is 4.74 Å². The number of aliphatic hydroxyl groups excluding tert-OH is 1. The van der Waals surface area contributed by atoms with Gasteiger partial charge in [-0.3, -0.25) is 0 Å². The second-order valence-electron chi connectivity index (χ2n) is 4.87. The number of aliphatic hydroxyl groups is 1. The van der Waals surface area contributed by atoms with E-state index < -0.39 is 0 Å². The second-order valence-corrected chi connectivity index (χ2v) is 5.73. The third kappa shape index (κ3) is 5.38. The van der Waals surface area contributed by atoms with Crippen LogP contribution in [-0.4, -0.2) is 24.9 Å². The Hall–Kier alpha value is -0.580. The van der Waals surface area contributed by atoms with E-state index in [1.807, 2.05) is 18.2 Å². The lowest BCUT2D eigenvalue weighted by Crippen LogP contribution is -2.27. The van der Waals surface area contributed by atoms with E-state index in [9.17, 15) is 5.11 Å². The van der Waals surface area contributed by atoms with Crippen LogP contribution in [0.15, 0.2) is 22.7 Å². The number of benzene rings is 1. The largest absolute Gasteiger partial charge is 0.497 e. The van der Waals surface area contributed by atoms with Crippen molar-refractivity contribution in [2.24, 2.45) is 5.92 Å². The Morgan fingerprint density at radius 2 is 2.11 bits per heavy atom. The van der Waals surface area contributed by atoms with E-state index in [-0.39, 0.29) is 6.10 Å². The zero-order chi connectivity index (χ0) is 13.5. The molecule has 2 N–H and O–H groups in total. The number of nitrogens with one attached hydrogen (secondary N) is 1. The van der Waals surface area contributed by atoms with Crippen molar-refractivity contribution in [1.29, 1.82) is 0 Å². The second kappa shape index (κ2) is 7.77. The molecule has 0 amide bonds. The standard InChI is InChI=1S/C14H22BrNO2/c1-10(2)6-12(17)9-16-8-11-7-13(18-3)4-5-14(11)15/h4-5,7,10,12,16-17H,6,8-9H2,1-3H3.